The van der Waals surface area contributed by atoms with Gasteiger partial charge in [-0.15, -0.1) is 0 Å². The average molecular weight is 369 g/mol. The third kappa shape index (κ3) is 5.40. The van der Waals surface area contributed by atoms with Crippen molar-refractivity contribution in [2.45, 2.75) is 39.3 Å². The van der Waals surface area contributed by atoms with Gasteiger partial charge >= 0.3 is 0 Å². The van der Waals surface area contributed by atoms with Crippen LogP contribution in [0.1, 0.15) is 29.7 Å². The van der Waals surface area contributed by atoms with Gasteiger partial charge in [0.05, 0.1) is 18.6 Å². The van der Waals surface area contributed by atoms with Gasteiger partial charge in [0.1, 0.15) is 0 Å². The lowest BCUT2D eigenvalue weighted by Crippen LogP contribution is -2.36. The Morgan fingerprint density at radius 3 is 2.76 bits per heavy atom. The Balaban J connectivity index is 1.83. The van der Waals surface area contributed by atoms with Crippen LogP contribution >= 0.6 is 0 Å². The topological polar surface area (TPSA) is 88.6 Å². The number of hydrogen-bond donors (Lipinski definition) is 1. The molecule has 2 rings (SSSR count). The smallest absolute Gasteiger partial charge is 0.221 e. The van der Waals surface area contributed by atoms with Gasteiger partial charge in [-0.25, -0.2) is 13.4 Å². The number of aromatic nitrogens is 1. The van der Waals surface area contributed by atoms with Crippen LogP contribution in [0.3, 0.4) is 0 Å². The molecule has 0 saturated carbocycles. The lowest BCUT2D eigenvalue weighted by Gasteiger charge is -2.22. The summed E-state index contributed by atoms with van der Waals surface area (Å²) in [7, 11) is 0.533. The second kappa shape index (κ2) is 8.14. The summed E-state index contributed by atoms with van der Waals surface area (Å²) in [6.45, 7) is 4.76. The lowest BCUT2D eigenvalue weighted by molar-refractivity contribution is -0.121. The molecule has 1 atom stereocenters. The summed E-state index contributed by atoms with van der Waals surface area (Å²) in [5.74, 6) is 0.894. The third-order valence-corrected chi connectivity index (χ3v) is 6.37. The fraction of sp³-hybridized carbons (Fsp3) is 0.647. The Kier molecular flexibility index (Phi) is 6.40. The standard InChI is InChI=1S/C17H27N3O4S/c1-12-9-13(2)19-17(24-4)15(12)10-18-16(21)5-7-20(3)14-6-8-25(22,23)11-14/h9,14H,5-8,10-11H2,1-4H3,(H,18,21)/t14-/m1/s1. The molecule has 1 aliphatic heterocycles. The van der Waals surface area contributed by atoms with Crippen molar-refractivity contribution in [3.63, 3.8) is 0 Å². The Morgan fingerprint density at radius 1 is 1.44 bits per heavy atom. The molecular formula is C17H27N3O4S. The fourth-order valence-electron chi connectivity index (χ4n) is 3.07. The van der Waals surface area contributed by atoms with Gasteiger partial charge < -0.3 is 15.0 Å². The molecular weight excluding hydrogens is 342 g/mol. The number of nitrogens with zero attached hydrogens (tertiary/aromatic N) is 2. The van der Waals surface area contributed by atoms with Crippen molar-refractivity contribution in [1.82, 2.24) is 15.2 Å². The molecule has 0 unspecified atom stereocenters. The van der Waals surface area contributed by atoms with Crippen molar-refractivity contribution in [3.8, 4) is 5.88 Å². The molecule has 0 aromatic carbocycles. The molecule has 140 valence electrons. The normalized spacial score (nSPS) is 19.2. The van der Waals surface area contributed by atoms with Crippen LogP contribution in [0, 0.1) is 13.8 Å². The van der Waals surface area contributed by atoms with Crippen LogP contribution < -0.4 is 10.1 Å². The van der Waals surface area contributed by atoms with E-state index < -0.39 is 9.84 Å². The van der Waals surface area contributed by atoms with Gasteiger partial charge in [0.2, 0.25) is 11.8 Å². The van der Waals surface area contributed by atoms with Crippen molar-refractivity contribution >= 4 is 15.7 Å². The summed E-state index contributed by atoms with van der Waals surface area (Å²) in [5, 5.41) is 2.89. The van der Waals surface area contributed by atoms with Gasteiger partial charge in [0.25, 0.3) is 0 Å². The second-order valence-corrected chi connectivity index (χ2v) is 8.86. The summed E-state index contributed by atoms with van der Waals surface area (Å²) in [5.41, 5.74) is 2.77. The SMILES string of the molecule is COc1nc(C)cc(C)c1CNC(=O)CCN(C)[C@@H]1CCS(=O)(=O)C1. The van der Waals surface area contributed by atoms with Crippen molar-refractivity contribution in [2.24, 2.45) is 0 Å². The Morgan fingerprint density at radius 2 is 2.16 bits per heavy atom. The number of sulfone groups is 1. The van der Waals surface area contributed by atoms with E-state index >= 15 is 0 Å². The fourth-order valence-corrected chi connectivity index (χ4v) is 4.88. The first kappa shape index (κ1) is 19.7. The number of ether oxygens (including phenoxy) is 1. The highest BCUT2D eigenvalue weighted by molar-refractivity contribution is 7.91. The van der Waals surface area contributed by atoms with E-state index in [0.717, 1.165) is 16.8 Å². The summed E-state index contributed by atoms with van der Waals surface area (Å²) in [6.07, 6.45) is 0.972. The van der Waals surface area contributed by atoms with Crippen molar-refractivity contribution in [3.05, 3.63) is 22.9 Å². The number of rotatable bonds is 7. The number of amides is 1. The van der Waals surface area contributed by atoms with Gasteiger partial charge in [-0.2, -0.15) is 0 Å². The minimum absolute atomic E-state index is 0.0152. The third-order valence-electron chi connectivity index (χ3n) is 4.62. The Bertz CT molecular complexity index is 734. The predicted molar refractivity (Wildman–Crippen MR) is 96.4 cm³/mol. The van der Waals surface area contributed by atoms with E-state index in [-0.39, 0.29) is 23.5 Å². The molecule has 1 amide bonds. The van der Waals surface area contributed by atoms with Crippen LogP contribution in [0.5, 0.6) is 5.88 Å². The molecule has 1 fully saturated rings. The minimum atomic E-state index is -2.90. The van der Waals surface area contributed by atoms with E-state index in [2.05, 4.69) is 10.3 Å². The van der Waals surface area contributed by atoms with Crippen molar-refractivity contribution in [1.29, 1.82) is 0 Å². The Hall–Kier alpha value is -1.67. The number of hydrogen-bond acceptors (Lipinski definition) is 6. The molecule has 1 aliphatic rings. The highest BCUT2D eigenvalue weighted by Crippen LogP contribution is 2.20. The zero-order chi connectivity index (χ0) is 18.6. The van der Waals surface area contributed by atoms with Gasteiger partial charge in [-0.3, -0.25) is 4.79 Å². The van der Waals surface area contributed by atoms with Crippen LogP contribution in [0.25, 0.3) is 0 Å². The first-order chi connectivity index (χ1) is 11.7. The van der Waals surface area contributed by atoms with E-state index in [1.54, 1.807) is 7.11 Å². The predicted octanol–water partition coefficient (Wildman–Crippen LogP) is 0.832. The molecule has 8 heteroatoms. The van der Waals surface area contributed by atoms with Gasteiger partial charge in [-0.1, -0.05) is 0 Å². The highest BCUT2D eigenvalue weighted by atomic mass is 32.2. The van der Waals surface area contributed by atoms with Crippen LogP contribution in [0.4, 0.5) is 0 Å². The zero-order valence-electron chi connectivity index (χ0n) is 15.3. The van der Waals surface area contributed by atoms with Gasteiger partial charge in [0.15, 0.2) is 9.84 Å². The van der Waals surface area contributed by atoms with E-state index in [4.69, 9.17) is 4.74 Å². The monoisotopic (exact) mass is 369 g/mol. The summed E-state index contributed by atoms with van der Waals surface area (Å²) in [6, 6.07) is 1.97. The molecule has 1 aromatic heterocycles. The maximum absolute atomic E-state index is 12.1. The summed E-state index contributed by atoms with van der Waals surface area (Å²) < 4.78 is 28.4. The molecule has 0 spiro atoms. The first-order valence-corrected chi connectivity index (χ1v) is 10.2. The van der Waals surface area contributed by atoms with Gasteiger partial charge in [-0.05, 0) is 38.9 Å². The second-order valence-electron chi connectivity index (χ2n) is 6.63. The number of aryl methyl sites for hydroxylation is 2. The van der Waals surface area contributed by atoms with Crippen LogP contribution in [0.2, 0.25) is 0 Å². The quantitative estimate of drug-likeness (QED) is 0.766. The number of carbonyl (C=O) groups excluding carboxylic acids is 1. The summed E-state index contributed by atoms with van der Waals surface area (Å²) in [4.78, 5) is 18.4. The number of nitrogens with one attached hydrogen (secondary N) is 1. The summed E-state index contributed by atoms with van der Waals surface area (Å²) >= 11 is 0. The zero-order valence-corrected chi connectivity index (χ0v) is 16.1. The first-order valence-electron chi connectivity index (χ1n) is 8.40. The van der Waals surface area contributed by atoms with Gasteiger partial charge in [0, 0.05) is 36.8 Å². The van der Waals surface area contributed by atoms with Crippen LogP contribution in [0.15, 0.2) is 6.07 Å². The average Bonchev–Trinajstić information content (AvgIpc) is 2.91. The Labute approximate surface area is 149 Å². The van der Waals surface area contributed by atoms with Crippen molar-refractivity contribution < 1.29 is 17.9 Å². The molecule has 1 aromatic rings. The molecule has 0 aliphatic carbocycles. The van der Waals surface area contributed by atoms with E-state index in [1.807, 2.05) is 31.9 Å². The molecule has 0 radical (unpaired) electrons. The molecule has 25 heavy (non-hydrogen) atoms. The highest BCUT2D eigenvalue weighted by Gasteiger charge is 2.30. The molecule has 1 saturated heterocycles. The number of carbonyl (C=O) groups is 1. The molecule has 2 heterocycles. The molecule has 0 bridgehead atoms. The van der Waals surface area contributed by atoms with Crippen LogP contribution in [-0.2, 0) is 21.2 Å². The lowest BCUT2D eigenvalue weighted by atomic mass is 10.1. The maximum Gasteiger partial charge on any atom is 0.221 e. The van der Waals surface area contributed by atoms with E-state index in [9.17, 15) is 13.2 Å². The van der Waals surface area contributed by atoms with E-state index in [1.165, 1.54) is 0 Å². The minimum Gasteiger partial charge on any atom is -0.481 e. The van der Waals surface area contributed by atoms with Crippen molar-refractivity contribution in [2.75, 3.05) is 32.2 Å². The van der Waals surface area contributed by atoms with Crippen LogP contribution in [-0.4, -0.2) is 62.5 Å². The largest absolute Gasteiger partial charge is 0.481 e. The maximum atomic E-state index is 12.1. The number of pyridine rings is 1. The molecule has 1 N–H and O–H groups in total. The van der Waals surface area contributed by atoms with E-state index in [0.29, 0.717) is 31.8 Å². The molecule has 7 nitrogen and oxygen atoms in total. The number of methoxy groups -OCH3 is 1.